The molecule has 160 valence electrons. The summed E-state index contributed by atoms with van der Waals surface area (Å²) in [6.45, 7) is 9.86. The second-order valence-corrected chi connectivity index (χ2v) is 9.31. The highest BCUT2D eigenvalue weighted by Crippen LogP contribution is 2.18. The van der Waals surface area contributed by atoms with E-state index in [1.807, 2.05) is 58.9 Å². The first-order valence-corrected chi connectivity index (χ1v) is 11.4. The average Bonchev–Trinajstić information content (AvgIpc) is 2.65. The van der Waals surface area contributed by atoms with Gasteiger partial charge in [0.25, 0.3) is 10.1 Å². The molecule has 0 bridgehead atoms. The standard InChI is InChI=1S/C23H32O5S/c1-17(2)27-23-8-6-7-21(28-23)12-9-19(4)15-20(5)16-26-29(24,25)22-13-10-18(3)11-14-22/h6,8-15,17,20-21,23H,7,16H2,1-5H3/b12-9+,19-15-/t20-,21-,23-/m0/s1. The topological polar surface area (TPSA) is 61.8 Å². The molecule has 5 nitrogen and oxygen atoms in total. The second kappa shape index (κ2) is 10.9. The number of aryl methyl sites for hydroxylation is 1. The minimum Gasteiger partial charge on any atom is -0.346 e. The number of ether oxygens (including phenoxy) is 2. The van der Waals surface area contributed by atoms with Crippen molar-refractivity contribution in [1.29, 1.82) is 0 Å². The Hall–Kier alpha value is -1.73. The SMILES string of the molecule is CC(=C/[C@H](C)COS(=O)(=O)c1ccc(C)cc1)/C=C/[C@@H]1CC=C[C@@H](OC(C)C)O1. The van der Waals surface area contributed by atoms with Crippen LogP contribution in [0.25, 0.3) is 0 Å². The number of benzene rings is 1. The van der Waals surface area contributed by atoms with E-state index in [4.69, 9.17) is 13.7 Å². The number of hydrogen-bond acceptors (Lipinski definition) is 5. The molecule has 0 aromatic heterocycles. The van der Waals surface area contributed by atoms with Gasteiger partial charge in [-0.15, -0.1) is 0 Å². The van der Waals surface area contributed by atoms with Crippen molar-refractivity contribution in [3.8, 4) is 0 Å². The molecule has 2 rings (SSSR count). The first-order chi connectivity index (χ1) is 13.7. The summed E-state index contributed by atoms with van der Waals surface area (Å²) < 4.78 is 41.3. The molecule has 0 fully saturated rings. The van der Waals surface area contributed by atoms with Crippen LogP contribution < -0.4 is 0 Å². The summed E-state index contributed by atoms with van der Waals surface area (Å²) in [5.41, 5.74) is 2.02. The number of hydrogen-bond donors (Lipinski definition) is 0. The Morgan fingerprint density at radius 3 is 2.59 bits per heavy atom. The van der Waals surface area contributed by atoms with Gasteiger partial charge >= 0.3 is 0 Å². The van der Waals surface area contributed by atoms with Gasteiger partial charge in [0.1, 0.15) is 0 Å². The van der Waals surface area contributed by atoms with Gasteiger partial charge in [0.2, 0.25) is 0 Å². The molecular formula is C23H32O5S. The van der Waals surface area contributed by atoms with E-state index in [-0.39, 0.29) is 35.9 Å². The highest BCUT2D eigenvalue weighted by Gasteiger charge is 2.18. The highest BCUT2D eigenvalue weighted by atomic mass is 32.2. The smallest absolute Gasteiger partial charge is 0.296 e. The average molecular weight is 421 g/mol. The Morgan fingerprint density at radius 1 is 1.24 bits per heavy atom. The van der Waals surface area contributed by atoms with Gasteiger partial charge in [0, 0.05) is 0 Å². The molecule has 0 radical (unpaired) electrons. The summed E-state index contributed by atoms with van der Waals surface area (Å²) in [6, 6.07) is 6.64. The molecule has 1 heterocycles. The Balaban J connectivity index is 1.86. The van der Waals surface area contributed by atoms with Gasteiger partial charge < -0.3 is 9.47 Å². The summed E-state index contributed by atoms with van der Waals surface area (Å²) in [5.74, 6) is -0.0518. The fourth-order valence-corrected chi connectivity index (χ4v) is 3.85. The Morgan fingerprint density at radius 2 is 1.93 bits per heavy atom. The van der Waals surface area contributed by atoms with Gasteiger partial charge in [0.15, 0.2) is 6.29 Å². The normalized spacial score (nSPS) is 21.8. The minimum atomic E-state index is -3.74. The lowest BCUT2D eigenvalue weighted by Crippen LogP contribution is -2.27. The molecule has 0 unspecified atom stereocenters. The first-order valence-electron chi connectivity index (χ1n) is 9.96. The minimum absolute atomic E-state index is 0.0411. The van der Waals surface area contributed by atoms with Gasteiger partial charge in [-0.3, -0.25) is 4.18 Å². The van der Waals surface area contributed by atoms with E-state index in [9.17, 15) is 8.42 Å². The lowest BCUT2D eigenvalue weighted by Gasteiger charge is -2.25. The fourth-order valence-electron chi connectivity index (χ4n) is 2.85. The van der Waals surface area contributed by atoms with Crippen LogP contribution in [0.4, 0.5) is 0 Å². The largest absolute Gasteiger partial charge is 0.346 e. The van der Waals surface area contributed by atoms with Crippen LogP contribution in [-0.2, 0) is 23.8 Å². The lowest BCUT2D eigenvalue weighted by atomic mass is 10.1. The van der Waals surface area contributed by atoms with E-state index in [0.29, 0.717) is 0 Å². The van der Waals surface area contributed by atoms with Crippen LogP contribution in [-0.4, -0.2) is 33.5 Å². The molecule has 0 aliphatic carbocycles. The lowest BCUT2D eigenvalue weighted by molar-refractivity contribution is -0.154. The van der Waals surface area contributed by atoms with Crippen molar-refractivity contribution in [2.45, 2.75) is 64.4 Å². The molecule has 29 heavy (non-hydrogen) atoms. The monoisotopic (exact) mass is 420 g/mol. The van der Waals surface area contributed by atoms with Gasteiger partial charge in [-0.05, 0) is 58.2 Å². The van der Waals surface area contributed by atoms with Crippen LogP contribution in [0.1, 0.15) is 39.7 Å². The quantitative estimate of drug-likeness (QED) is 0.322. The van der Waals surface area contributed by atoms with Crippen LogP contribution in [0.5, 0.6) is 0 Å². The molecular weight excluding hydrogens is 388 g/mol. The third kappa shape index (κ3) is 8.26. The molecule has 0 N–H and O–H groups in total. The third-order valence-electron chi connectivity index (χ3n) is 4.29. The molecule has 3 atom stereocenters. The van der Waals surface area contributed by atoms with Crippen LogP contribution >= 0.6 is 0 Å². The summed E-state index contributed by atoms with van der Waals surface area (Å²) >= 11 is 0. The molecule has 1 aliphatic heterocycles. The highest BCUT2D eigenvalue weighted by molar-refractivity contribution is 7.86. The van der Waals surface area contributed by atoms with Gasteiger partial charge in [-0.1, -0.05) is 54.5 Å². The van der Waals surface area contributed by atoms with Crippen molar-refractivity contribution in [3.63, 3.8) is 0 Å². The zero-order valence-electron chi connectivity index (χ0n) is 17.9. The van der Waals surface area contributed by atoms with Gasteiger partial charge in [-0.2, -0.15) is 8.42 Å². The van der Waals surface area contributed by atoms with Gasteiger partial charge in [-0.25, -0.2) is 0 Å². The van der Waals surface area contributed by atoms with Crippen molar-refractivity contribution >= 4 is 10.1 Å². The van der Waals surface area contributed by atoms with E-state index in [2.05, 4.69) is 6.08 Å². The maximum atomic E-state index is 12.3. The van der Waals surface area contributed by atoms with Crippen molar-refractivity contribution in [2.75, 3.05) is 6.61 Å². The van der Waals surface area contributed by atoms with Crippen LogP contribution in [0.3, 0.4) is 0 Å². The van der Waals surface area contributed by atoms with Crippen molar-refractivity contribution in [3.05, 3.63) is 65.8 Å². The van der Waals surface area contributed by atoms with E-state index < -0.39 is 10.1 Å². The molecule has 1 aromatic rings. The molecule has 0 saturated heterocycles. The number of allylic oxidation sites excluding steroid dienone is 2. The van der Waals surface area contributed by atoms with Crippen molar-refractivity contribution < 1.29 is 22.1 Å². The van der Waals surface area contributed by atoms with Crippen LogP contribution in [0, 0.1) is 12.8 Å². The van der Waals surface area contributed by atoms with E-state index in [0.717, 1.165) is 17.6 Å². The molecule has 0 saturated carbocycles. The van der Waals surface area contributed by atoms with Crippen LogP contribution in [0.15, 0.2) is 65.1 Å². The summed E-state index contributed by atoms with van der Waals surface area (Å²) in [7, 11) is -3.74. The molecule has 1 aliphatic rings. The maximum absolute atomic E-state index is 12.3. The molecule has 1 aromatic carbocycles. The summed E-state index contributed by atoms with van der Waals surface area (Å²) in [6.07, 6.45) is 10.5. The predicted molar refractivity (Wildman–Crippen MR) is 115 cm³/mol. The second-order valence-electron chi connectivity index (χ2n) is 7.69. The van der Waals surface area contributed by atoms with E-state index in [1.165, 1.54) is 0 Å². The number of rotatable bonds is 9. The Labute approximate surface area is 175 Å². The van der Waals surface area contributed by atoms with E-state index in [1.54, 1.807) is 24.3 Å². The zero-order valence-corrected chi connectivity index (χ0v) is 18.7. The predicted octanol–water partition coefficient (Wildman–Crippen LogP) is 4.94. The zero-order chi connectivity index (χ0) is 21.4. The Kier molecular flexibility index (Phi) is 8.83. The van der Waals surface area contributed by atoms with E-state index >= 15 is 0 Å². The molecule has 0 spiro atoms. The van der Waals surface area contributed by atoms with Gasteiger partial charge in [0.05, 0.1) is 23.7 Å². The Bertz CT molecular complexity index is 835. The van der Waals surface area contributed by atoms with Crippen molar-refractivity contribution in [2.24, 2.45) is 5.92 Å². The summed E-state index contributed by atoms with van der Waals surface area (Å²) in [5, 5.41) is 0. The maximum Gasteiger partial charge on any atom is 0.296 e. The summed E-state index contributed by atoms with van der Waals surface area (Å²) in [4.78, 5) is 0.177. The third-order valence-corrected chi connectivity index (χ3v) is 5.59. The van der Waals surface area contributed by atoms with Crippen molar-refractivity contribution in [1.82, 2.24) is 0 Å². The molecule has 6 heteroatoms. The van der Waals surface area contributed by atoms with Crippen LogP contribution in [0.2, 0.25) is 0 Å². The first kappa shape index (κ1) is 23.5. The fraction of sp³-hybridized carbons (Fsp3) is 0.478. The molecule has 0 amide bonds.